The molecule has 24 heavy (non-hydrogen) atoms. The molecule has 2 aromatic rings. The van der Waals surface area contributed by atoms with Gasteiger partial charge in [0, 0.05) is 30.6 Å². The number of aromatic nitrogens is 2. The molecule has 0 spiro atoms. The number of carbonyl (C=O) groups is 1. The van der Waals surface area contributed by atoms with Crippen molar-refractivity contribution in [2.45, 2.75) is 51.7 Å². The summed E-state index contributed by atoms with van der Waals surface area (Å²) in [5.41, 5.74) is 2.13. The lowest BCUT2D eigenvalue weighted by Gasteiger charge is -2.34. The molecule has 1 saturated heterocycles. The van der Waals surface area contributed by atoms with Crippen LogP contribution in [0.3, 0.4) is 0 Å². The minimum absolute atomic E-state index is 0.0693. The van der Waals surface area contributed by atoms with Gasteiger partial charge in [0.05, 0.1) is 12.3 Å². The Labute approximate surface area is 141 Å². The maximum Gasteiger partial charge on any atom is 0.410 e. The Kier molecular flexibility index (Phi) is 4.49. The van der Waals surface area contributed by atoms with Gasteiger partial charge in [0.15, 0.2) is 0 Å². The van der Waals surface area contributed by atoms with Crippen LogP contribution in [0.5, 0.6) is 0 Å². The van der Waals surface area contributed by atoms with Gasteiger partial charge in [-0.25, -0.2) is 9.78 Å². The van der Waals surface area contributed by atoms with E-state index in [0.717, 1.165) is 30.4 Å². The lowest BCUT2D eigenvalue weighted by Crippen LogP contribution is -2.42. The first-order valence-corrected chi connectivity index (χ1v) is 8.43. The second-order valence-corrected chi connectivity index (χ2v) is 7.37. The van der Waals surface area contributed by atoms with E-state index in [-0.39, 0.29) is 18.6 Å². The second kappa shape index (κ2) is 6.43. The standard InChI is InChI=1S/C18H25N3O3/c1-18(2,3)24-17(23)21-8-4-5-12(10-21)15-9-19-16-14(15)7-6-13(11-22)20-16/h6-7,9,12,22H,4-5,8,10-11H2,1-3H3,(H,19,20). The predicted molar refractivity (Wildman–Crippen MR) is 91.8 cm³/mol. The second-order valence-electron chi connectivity index (χ2n) is 7.37. The van der Waals surface area contributed by atoms with E-state index in [0.29, 0.717) is 12.2 Å². The summed E-state index contributed by atoms with van der Waals surface area (Å²) >= 11 is 0. The molecule has 1 aliphatic rings. The zero-order chi connectivity index (χ0) is 17.3. The number of likely N-dealkylation sites (tertiary alicyclic amines) is 1. The number of amides is 1. The van der Waals surface area contributed by atoms with Gasteiger partial charge in [-0.15, -0.1) is 0 Å². The predicted octanol–water partition coefficient (Wildman–Crippen LogP) is 3.17. The summed E-state index contributed by atoms with van der Waals surface area (Å²) in [4.78, 5) is 21.7. The zero-order valence-electron chi connectivity index (χ0n) is 14.5. The average Bonchev–Trinajstić information content (AvgIpc) is 2.96. The number of pyridine rings is 1. The fraction of sp³-hybridized carbons (Fsp3) is 0.556. The third kappa shape index (κ3) is 3.53. The van der Waals surface area contributed by atoms with Crippen LogP contribution in [0.25, 0.3) is 11.0 Å². The van der Waals surface area contributed by atoms with Gasteiger partial charge in [-0.05, 0) is 51.3 Å². The summed E-state index contributed by atoms with van der Waals surface area (Å²) in [5, 5.41) is 10.3. The monoisotopic (exact) mass is 331 g/mol. The molecule has 2 aromatic heterocycles. The highest BCUT2D eigenvalue weighted by Crippen LogP contribution is 2.32. The van der Waals surface area contributed by atoms with Gasteiger partial charge < -0.3 is 19.7 Å². The highest BCUT2D eigenvalue weighted by molar-refractivity contribution is 5.80. The molecule has 1 fully saturated rings. The molecule has 6 heteroatoms. The van der Waals surface area contributed by atoms with E-state index < -0.39 is 5.60 Å². The Balaban J connectivity index is 1.79. The molecule has 130 valence electrons. The Bertz CT molecular complexity index is 733. The molecule has 1 unspecified atom stereocenters. The molecule has 0 radical (unpaired) electrons. The van der Waals surface area contributed by atoms with Crippen LogP contribution < -0.4 is 0 Å². The molecule has 0 saturated carbocycles. The van der Waals surface area contributed by atoms with E-state index in [9.17, 15) is 9.90 Å². The number of carbonyl (C=O) groups excluding carboxylic acids is 1. The Morgan fingerprint density at radius 3 is 2.96 bits per heavy atom. The van der Waals surface area contributed by atoms with Crippen LogP contribution in [0.1, 0.15) is 50.8 Å². The minimum atomic E-state index is -0.477. The van der Waals surface area contributed by atoms with Gasteiger partial charge in [0.1, 0.15) is 11.2 Å². The number of hydrogen-bond donors (Lipinski definition) is 2. The highest BCUT2D eigenvalue weighted by Gasteiger charge is 2.29. The topological polar surface area (TPSA) is 78.5 Å². The normalized spacial score (nSPS) is 18.8. The van der Waals surface area contributed by atoms with Crippen molar-refractivity contribution in [3.8, 4) is 0 Å². The number of nitrogens with one attached hydrogen (secondary N) is 1. The largest absolute Gasteiger partial charge is 0.444 e. The van der Waals surface area contributed by atoms with Crippen molar-refractivity contribution in [2.75, 3.05) is 13.1 Å². The van der Waals surface area contributed by atoms with Crippen LogP contribution in [-0.2, 0) is 11.3 Å². The Hall–Kier alpha value is -2.08. The summed E-state index contributed by atoms with van der Waals surface area (Å²) in [5.74, 6) is 0.266. The van der Waals surface area contributed by atoms with E-state index in [2.05, 4.69) is 9.97 Å². The van der Waals surface area contributed by atoms with Crippen molar-refractivity contribution in [3.63, 3.8) is 0 Å². The van der Waals surface area contributed by atoms with Gasteiger partial charge in [-0.2, -0.15) is 0 Å². The molecular formula is C18H25N3O3. The molecular weight excluding hydrogens is 306 g/mol. The van der Waals surface area contributed by atoms with Crippen LogP contribution in [-0.4, -0.2) is 44.8 Å². The van der Waals surface area contributed by atoms with Crippen LogP contribution in [0.2, 0.25) is 0 Å². The first kappa shape index (κ1) is 16.8. The van der Waals surface area contributed by atoms with Crippen LogP contribution in [0.4, 0.5) is 4.79 Å². The van der Waals surface area contributed by atoms with Crippen molar-refractivity contribution in [3.05, 3.63) is 29.6 Å². The molecule has 1 aliphatic heterocycles. The molecule has 1 amide bonds. The van der Waals surface area contributed by atoms with Crippen molar-refractivity contribution in [2.24, 2.45) is 0 Å². The summed E-state index contributed by atoms with van der Waals surface area (Å²) in [6, 6.07) is 3.83. The number of rotatable bonds is 2. The number of fused-ring (bicyclic) bond motifs is 1. The van der Waals surface area contributed by atoms with Crippen molar-refractivity contribution >= 4 is 17.1 Å². The molecule has 2 N–H and O–H groups in total. The summed E-state index contributed by atoms with van der Waals surface area (Å²) in [6.45, 7) is 6.98. The molecule has 0 bridgehead atoms. The van der Waals surface area contributed by atoms with Gasteiger partial charge in [0.2, 0.25) is 0 Å². The van der Waals surface area contributed by atoms with E-state index in [1.54, 1.807) is 4.90 Å². The fourth-order valence-electron chi connectivity index (χ4n) is 3.22. The number of aliphatic hydroxyl groups is 1. The number of hydrogen-bond acceptors (Lipinski definition) is 4. The third-order valence-corrected chi connectivity index (χ3v) is 4.30. The fourth-order valence-corrected chi connectivity index (χ4v) is 3.22. The maximum absolute atomic E-state index is 12.3. The molecule has 6 nitrogen and oxygen atoms in total. The van der Waals surface area contributed by atoms with Gasteiger partial charge >= 0.3 is 6.09 Å². The first-order chi connectivity index (χ1) is 11.4. The van der Waals surface area contributed by atoms with E-state index in [1.807, 2.05) is 39.1 Å². The lowest BCUT2D eigenvalue weighted by molar-refractivity contribution is 0.0198. The lowest BCUT2D eigenvalue weighted by atomic mass is 9.91. The van der Waals surface area contributed by atoms with E-state index in [1.165, 1.54) is 5.56 Å². The number of aliphatic hydroxyl groups excluding tert-OH is 1. The van der Waals surface area contributed by atoms with Crippen molar-refractivity contribution in [1.29, 1.82) is 0 Å². The van der Waals surface area contributed by atoms with Crippen LogP contribution >= 0.6 is 0 Å². The van der Waals surface area contributed by atoms with Crippen LogP contribution in [0.15, 0.2) is 18.3 Å². The number of ether oxygens (including phenoxy) is 1. The number of aromatic amines is 1. The Morgan fingerprint density at radius 2 is 2.25 bits per heavy atom. The van der Waals surface area contributed by atoms with Gasteiger partial charge in [-0.1, -0.05) is 0 Å². The first-order valence-electron chi connectivity index (χ1n) is 8.43. The third-order valence-electron chi connectivity index (χ3n) is 4.30. The molecule has 3 rings (SSSR count). The summed E-state index contributed by atoms with van der Waals surface area (Å²) in [7, 11) is 0. The summed E-state index contributed by atoms with van der Waals surface area (Å²) < 4.78 is 5.50. The van der Waals surface area contributed by atoms with Gasteiger partial charge in [0.25, 0.3) is 0 Å². The highest BCUT2D eigenvalue weighted by atomic mass is 16.6. The average molecular weight is 331 g/mol. The zero-order valence-corrected chi connectivity index (χ0v) is 14.5. The number of H-pyrrole nitrogens is 1. The molecule has 0 aliphatic carbocycles. The summed E-state index contributed by atoms with van der Waals surface area (Å²) in [6.07, 6.45) is 3.72. The number of piperidine rings is 1. The maximum atomic E-state index is 12.3. The van der Waals surface area contributed by atoms with Crippen LogP contribution in [0, 0.1) is 0 Å². The van der Waals surface area contributed by atoms with Crippen molar-refractivity contribution < 1.29 is 14.6 Å². The van der Waals surface area contributed by atoms with E-state index >= 15 is 0 Å². The SMILES string of the molecule is CC(C)(C)OC(=O)N1CCCC(c2c[nH]c3nc(CO)ccc23)C1. The van der Waals surface area contributed by atoms with Gasteiger partial charge in [-0.3, -0.25) is 0 Å². The van der Waals surface area contributed by atoms with Crippen molar-refractivity contribution in [1.82, 2.24) is 14.9 Å². The van der Waals surface area contributed by atoms with E-state index in [4.69, 9.17) is 4.74 Å². The minimum Gasteiger partial charge on any atom is -0.444 e. The molecule has 0 aromatic carbocycles. The quantitative estimate of drug-likeness (QED) is 0.886. The number of nitrogens with zero attached hydrogens (tertiary/aromatic N) is 2. The molecule has 3 heterocycles. The smallest absolute Gasteiger partial charge is 0.410 e. The Morgan fingerprint density at radius 1 is 1.46 bits per heavy atom. The molecule has 1 atom stereocenters.